The zero-order valence-electron chi connectivity index (χ0n) is 10.5. The van der Waals surface area contributed by atoms with Gasteiger partial charge in [-0.15, -0.1) is 0 Å². The van der Waals surface area contributed by atoms with Gasteiger partial charge in [-0.05, 0) is 31.1 Å². The van der Waals surface area contributed by atoms with E-state index in [0.29, 0.717) is 23.0 Å². The number of fused-ring (bicyclic) bond motifs is 6. The molecule has 18 heavy (non-hydrogen) atoms. The molecule has 4 atom stereocenters. The Morgan fingerprint density at radius 2 is 1.83 bits per heavy atom. The first-order valence-electron chi connectivity index (χ1n) is 6.82. The Morgan fingerprint density at radius 3 is 2.61 bits per heavy atom. The minimum Gasteiger partial charge on any atom is -0.294 e. The molecule has 4 unspecified atom stereocenters. The van der Waals surface area contributed by atoms with E-state index >= 15 is 0 Å². The van der Waals surface area contributed by atoms with Gasteiger partial charge in [-0.25, -0.2) is 0 Å². The Bertz CT molecular complexity index is 574. The average molecular weight is 240 g/mol. The Morgan fingerprint density at radius 1 is 1.11 bits per heavy atom. The molecule has 2 fully saturated rings. The van der Waals surface area contributed by atoms with Crippen molar-refractivity contribution in [2.24, 2.45) is 23.2 Å². The van der Waals surface area contributed by atoms with Gasteiger partial charge < -0.3 is 0 Å². The van der Waals surface area contributed by atoms with Crippen LogP contribution < -0.4 is 0 Å². The second kappa shape index (κ2) is 3.11. The summed E-state index contributed by atoms with van der Waals surface area (Å²) in [7, 11) is 0. The third kappa shape index (κ3) is 0.969. The lowest BCUT2D eigenvalue weighted by Crippen LogP contribution is -2.48. The molecule has 0 aliphatic heterocycles. The van der Waals surface area contributed by atoms with Crippen LogP contribution >= 0.6 is 0 Å². The van der Waals surface area contributed by atoms with Crippen LogP contribution in [-0.2, 0) is 0 Å². The van der Waals surface area contributed by atoms with Crippen molar-refractivity contribution in [2.75, 3.05) is 0 Å². The van der Waals surface area contributed by atoms with E-state index in [1.807, 2.05) is 31.2 Å². The number of ketones is 2. The van der Waals surface area contributed by atoms with Crippen LogP contribution in [0.3, 0.4) is 0 Å². The van der Waals surface area contributed by atoms with Crippen LogP contribution in [0, 0.1) is 23.2 Å². The molecule has 2 saturated carbocycles. The van der Waals surface area contributed by atoms with Gasteiger partial charge in [-0.2, -0.15) is 0 Å². The standard InChI is InChI=1S/C16H16O2/c1-16-10-7-6-9(8-10)13(16)14(17)11-4-2-3-5-12(11)15(16)18/h2-5,9-10,13H,6-8H2,1H3. The van der Waals surface area contributed by atoms with Crippen LogP contribution in [0.25, 0.3) is 0 Å². The van der Waals surface area contributed by atoms with Crippen molar-refractivity contribution in [1.29, 1.82) is 0 Å². The topological polar surface area (TPSA) is 34.1 Å². The number of carbonyl (C=O) groups is 2. The highest BCUT2D eigenvalue weighted by molar-refractivity contribution is 6.18. The van der Waals surface area contributed by atoms with Gasteiger partial charge >= 0.3 is 0 Å². The van der Waals surface area contributed by atoms with E-state index in [2.05, 4.69) is 0 Å². The molecule has 4 rings (SSSR count). The SMILES string of the molecule is CC12C(=O)c3ccccc3C(=O)C1C1CCC2C1. The van der Waals surface area contributed by atoms with Crippen LogP contribution in [0.4, 0.5) is 0 Å². The molecular formula is C16H16O2. The summed E-state index contributed by atoms with van der Waals surface area (Å²) in [6, 6.07) is 7.37. The van der Waals surface area contributed by atoms with Crippen molar-refractivity contribution in [3.05, 3.63) is 35.4 Å². The first-order chi connectivity index (χ1) is 8.64. The van der Waals surface area contributed by atoms with Gasteiger partial charge in [0.1, 0.15) is 0 Å². The smallest absolute Gasteiger partial charge is 0.170 e. The number of hydrogen-bond acceptors (Lipinski definition) is 2. The molecule has 92 valence electrons. The summed E-state index contributed by atoms with van der Waals surface area (Å²) in [6.45, 7) is 2.04. The molecule has 0 N–H and O–H groups in total. The van der Waals surface area contributed by atoms with Gasteiger partial charge in [0.2, 0.25) is 0 Å². The second-order valence-electron chi connectivity index (χ2n) is 6.27. The first-order valence-corrected chi connectivity index (χ1v) is 6.82. The molecule has 3 aliphatic rings. The van der Waals surface area contributed by atoms with Gasteiger partial charge in [-0.1, -0.05) is 31.2 Å². The summed E-state index contributed by atoms with van der Waals surface area (Å²) in [5.74, 6) is 1.27. The van der Waals surface area contributed by atoms with Crippen molar-refractivity contribution >= 4 is 11.6 Å². The molecule has 0 amide bonds. The lowest BCUT2D eigenvalue weighted by molar-refractivity contribution is 0.0440. The van der Waals surface area contributed by atoms with Crippen molar-refractivity contribution in [3.63, 3.8) is 0 Å². The first kappa shape index (κ1) is 10.5. The number of hydrogen-bond donors (Lipinski definition) is 0. The predicted molar refractivity (Wildman–Crippen MR) is 67.5 cm³/mol. The lowest BCUT2D eigenvalue weighted by Gasteiger charge is -2.42. The highest BCUT2D eigenvalue weighted by Crippen LogP contribution is 2.63. The van der Waals surface area contributed by atoms with Crippen LogP contribution in [-0.4, -0.2) is 11.6 Å². The largest absolute Gasteiger partial charge is 0.294 e. The molecule has 0 heterocycles. The second-order valence-corrected chi connectivity index (χ2v) is 6.27. The van der Waals surface area contributed by atoms with Crippen LogP contribution in [0.5, 0.6) is 0 Å². The average Bonchev–Trinajstić information content (AvgIpc) is 2.96. The fraction of sp³-hybridized carbons (Fsp3) is 0.500. The van der Waals surface area contributed by atoms with Crippen molar-refractivity contribution in [3.8, 4) is 0 Å². The maximum absolute atomic E-state index is 12.8. The van der Waals surface area contributed by atoms with Gasteiger partial charge in [-0.3, -0.25) is 9.59 Å². The van der Waals surface area contributed by atoms with E-state index in [-0.39, 0.29) is 17.5 Å². The third-order valence-corrected chi connectivity index (χ3v) is 5.65. The summed E-state index contributed by atoms with van der Waals surface area (Å²) >= 11 is 0. The van der Waals surface area contributed by atoms with E-state index in [1.165, 1.54) is 0 Å². The summed E-state index contributed by atoms with van der Waals surface area (Å²) in [5, 5.41) is 0. The summed E-state index contributed by atoms with van der Waals surface area (Å²) in [5.41, 5.74) is 0.917. The lowest BCUT2D eigenvalue weighted by atomic mass is 9.58. The highest BCUT2D eigenvalue weighted by atomic mass is 16.1. The Hall–Kier alpha value is -1.44. The molecule has 2 nitrogen and oxygen atoms in total. The molecule has 2 heteroatoms. The molecule has 0 aromatic heterocycles. The third-order valence-electron chi connectivity index (χ3n) is 5.65. The molecule has 0 radical (unpaired) electrons. The maximum atomic E-state index is 12.8. The number of Topliss-reactive ketones (excluding diaryl/α,β-unsaturated/α-hetero) is 2. The molecule has 2 bridgehead atoms. The fourth-order valence-electron chi connectivity index (χ4n) is 4.77. The Labute approximate surface area is 106 Å². The summed E-state index contributed by atoms with van der Waals surface area (Å²) in [6.07, 6.45) is 3.33. The molecule has 1 aromatic rings. The summed E-state index contributed by atoms with van der Waals surface area (Å²) in [4.78, 5) is 25.5. The molecular weight excluding hydrogens is 224 g/mol. The molecule has 0 spiro atoms. The monoisotopic (exact) mass is 240 g/mol. The van der Waals surface area contributed by atoms with E-state index in [0.717, 1.165) is 19.3 Å². The summed E-state index contributed by atoms with van der Waals surface area (Å²) < 4.78 is 0. The van der Waals surface area contributed by atoms with Crippen molar-refractivity contribution < 1.29 is 9.59 Å². The Kier molecular flexibility index (Phi) is 1.81. The zero-order chi connectivity index (χ0) is 12.5. The minimum absolute atomic E-state index is 0.0429. The Balaban J connectivity index is 1.97. The van der Waals surface area contributed by atoms with Crippen LogP contribution in [0.1, 0.15) is 46.9 Å². The normalized spacial score (nSPS) is 40.8. The number of rotatable bonds is 0. The van der Waals surface area contributed by atoms with E-state index in [1.54, 1.807) is 0 Å². The molecule has 1 aromatic carbocycles. The van der Waals surface area contributed by atoms with Gasteiger partial charge in [0.25, 0.3) is 0 Å². The van der Waals surface area contributed by atoms with Crippen molar-refractivity contribution in [2.45, 2.75) is 26.2 Å². The van der Waals surface area contributed by atoms with Crippen LogP contribution in [0.2, 0.25) is 0 Å². The maximum Gasteiger partial charge on any atom is 0.170 e. The van der Waals surface area contributed by atoms with E-state index in [9.17, 15) is 9.59 Å². The van der Waals surface area contributed by atoms with Gasteiger partial charge in [0.15, 0.2) is 11.6 Å². The van der Waals surface area contributed by atoms with Crippen molar-refractivity contribution in [1.82, 2.24) is 0 Å². The number of carbonyl (C=O) groups excluding carboxylic acids is 2. The molecule has 0 saturated heterocycles. The van der Waals surface area contributed by atoms with Gasteiger partial charge in [0.05, 0.1) is 0 Å². The van der Waals surface area contributed by atoms with E-state index in [4.69, 9.17) is 0 Å². The van der Waals surface area contributed by atoms with E-state index < -0.39 is 5.41 Å². The predicted octanol–water partition coefficient (Wildman–Crippen LogP) is 3.12. The minimum atomic E-state index is -0.408. The quantitative estimate of drug-likeness (QED) is 0.698. The van der Waals surface area contributed by atoms with Gasteiger partial charge in [0, 0.05) is 22.5 Å². The number of benzene rings is 1. The fourth-order valence-corrected chi connectivity index (χ4v) is 4.77. The highest BCUT2D eigenvalue weighted by Gasteiger charge is 2.63. The van der Waals surface area contributed by atoms with Crippen LogP contribution in [0.15, 0.2) is 24.3 Å². The molecule has 3 aliphatic carbocycles. The zero-order valence-corrected chi connectivity index (χ0v) is 10.5.